The largest absolute Gasteiger partial charge is 0.463 e. The van der Waals surface area contributed by atoms with Crippen LogP contribution in [0, 0.1) is 12.7 Å². The second kappa shape index (κ2) is 4.39. The summed E-state index contributed by atoms with van der Waals surface area (Å²) in [6.07, 6.45) is -1.08. The van der Waals surface area contributed by atoms with Crippen LogP contribution in [-0.4, -0.2) is 5.11 Å². The zero-order valence-electron chi connectivity index (χ0n) is 8.58. The lowest BCUT2D eigenvalue weighted by atomic mass is 10.1. The van der Waals surface area contributed by atoms with Gasteiger partial charge in [0, 0.05) is 10.0 Å². The minimum absolute atomic E-state index is 0.198. The van der Waals surface area contributed by atoms with Crippen LogP contribution >= 0.6 is 15.9 Å². The number of aliphatic hydroxyl groups excluding tert-OH is 1. The molecule has 0 radical (unpaired) electrons. The van der Waals surface area contributed by atoms with Gasteiger partial charge in [-0.2, -0.15) is 0 Å². The lowest BCUT2D eigenvalue weighted by Gasteiger charge is -2.09. The molecule has 0 bridgehead atoms. The molecule has 2 aromatic rings. The lowest BCUT2D eigenvalue weighted by Crippen LogP contribution is -2.01. The molecule has 0 aliphatic carbocycles. The maximum atomic E-state index is 13.5. The Morgan fingerprint density at radius 3 is 2.69 bits per heavy atom. The fraction of sp³-hybridized carbons (Fsp3) is 0.167. The first-order valence-electron chi connectivity index (χ1n) is 4.77. The summed E-state index contributed by atoms with van der Waals surface area (Å²) < 4.78 is 19.5. The van der Waals surface area contributed by atoms with Crippen molar-refractivity contribution in [2.75, 3.05) is 0 Å². The van der Waals surface area contributed by atoms with Gasteiger partial charge in [0.2, 0.25) is 0 Å². The Labute approximate surface area is 101 Å². The average Bonchev–Trinajstić information content (AvgIpc) is 2.67. The number of aliphatic hydroxyl groups is 1. The molecule has 84 valence electrons. The van der Waals surface area contributed by atoms with Crippen molar-refractivity contribution in [1.82, 2.24) is 0 Å². The Bertz CT molecular complexity index is 507. The van der Waals surface area contributed by atoms with Crippen molar-refractivity contribution in [1.29, 1.82) is 0 Å². The molecule has 1 aromatic carbocycles. The highest BCUT2D eigenvalue weighted by atomic mass is 79.9. The van der Waals surface area contributed by atoms with E-state index < -0.39 is 11.9 Å². The van der Waals surface area contributed by atoms with E-state index in [1.54, 1.807) is 25.1 Å². The highest BCUT2D eigenvalue weighted by Gasteiger charge is 2.18. The summed E-state index contributed by atoms with van der Waals surface area (Å²) in [5.41, 5.74) is 0.198. The van der Waals surface area contributed by atoms with Gasteiger partial charge < -0.3 is 9.52 Å². The van der Waals surface area contributed by atoms with E-state index in [4.69, 9.17) is 4.42 Å². The molecule has 1 atom stereocenters. The van der Waals surface area contributed by atoms with E-state index >= 15 is 0 Å². The summed E-state index contributed by atoms with van der Waals surface area (Å²) in [4.78, 5) is 0. The molecule has 0 saturated carbocycles. The van der Waals surface area contributed by atoms with Gasteiger partial charge in [-0.1, -0.05) is 15.9 Å². The molecule has 0 saturated heterocycles. The molecule has 0 aliphatic heterocycles. The first kappa shape index (κ1) is 11.4. The predicted molar refractivity (Wildman–Crippen MR) is 61.6 cm³/mol. The van der Waals surface area contributed by atoms with Gasteiger partial charge in [-0.3, -0.25) is 0 Å². The van der Waals surface area contributed by atoms with Crippen molar-refractivity contribution in [2.24, 2.45) is 0 Å². The summed E-state index contributed by atoms with van der Waals surface area (Å²) in [5.74, 6) is 0.573. The van der Waals surface area contributed by atoms with Gasteiger partial charge in [-0.05, 0) is 37.3 Å². The number of benzene rings is 1. The Balaban J connectivity index is 2.40. The van der Waals surface area contributed by atoms with Crippen LogP contribution in [0.2, 0.25) is 0 Å². The zero-order chi connectivity index (χ0) is 11.7. The zero-order valence-corrected chi connectivity index (χ0v) is 10.2. The van der Waals surface area contributed by atoms with Crippen molar-refractivity contribution in [2.45, 2.75) is 13.0 Å². The first-order valence-corrected chi connectivity index (χ1v) is 5.56. The van der Waals surface area contributed by atoms with Gasteiger partial charge in [0.05, 0.1) is 0 Å². The van der Waals surface area contributed by atoms with E-state index in [2.05, 4.69) is 15.9 Å². The van der Waals surface area contributed by atoms with Crippen molar-refractivity contribution in [3.63, 3.8) is 0 Å². The van der Waals surface area contributed by atoms with Crippen LogP contribution in [0.5, 0.6) is 0 Å². The van der Waals surface area contributed by atoms with E-state index in [0.717, 1.165) is 0 Å². The summed E-state index contributed by atoms with van der Waals surface area (Å²) in [6.45, 7) is 1.77. The van der Waals surface area contributed by atoms with Crippen LogP contribution in [0.4, 0.5) is 4.39 Å². The number of hydrogen-bond acceptors (Lipinski definition) is 2. The molecule has 4 heteroatoms. The molecule has 16 heavy (non-hydrogen) atoms. The SMILES string of the molecule is Cc1ccc(C(O)c2cc(Br)ccc2F)o1. The van der Waals surface area contributed by atoms with Crippen LogP contribution in [0.15, 0.2) is 39.2 Å². The Kier molecular flexibility index (Phi) is 3.12. The lowest BCUT2D eigenvalue weighted by molar-refractivity contribution is 0.183. The monoisotopic (exact) mass is 284 g/mol. The maximum Gasteiger partial charge on any atom is 0.139 e. The molecule has 1 heterocycles. The van der Waals surface area contributed by atoms with Crippen LogP contribution in [0.25, 0.3) is 0 Å². The molecule has 0 amide bonds. The molecule has 0 spiro atoms. The second-order valence-electron chi connectivity index (χ2n) is 3.52. The summed E-state index contributed by atoms with van der Waals surface area (Å²) >= 11 is 3.23. The average molecular weight is 285 g/mol. The standard InChI is InChI=1S/C12H10BrFO2/c1-7-2-5-11(16-7)12(15)9-6-8(13)3-4-10(9)14/h2-6,12,15H,1H3. The molecule has 2 rings (SSSR count). The fourth-order valence-electron chi connectivity index (χ4n) is 1.48. The molecule has 2 nitrogen and oxygen atoms in total. The molecular formula is C12H10BrFO2. The number of rotatable bonds is 2. The molecular weight excluding hydrogens is 275 g/mol. The Morgan fingerprint density at radius 1 is 1.31 bits per heavy atom. The van der Waals surface area contributed by atoms with Gasteiger partial charge in [0.25, 0.3) is 0 Å². The highest BCUT2D eigenvalue weighted by molar-refractivity contribution is 9.10. The van der Waals surface area contributed by atoms with Crippen molar-refractivity contribution >= 4 is 15.9 Å². The van der Waals surface area contributed by atoms with Crippen molar-refractivity contribution in [3.05, 3.63) is 57.7 Å². The molecule has 1 N–H and O–H groups in total. The Morgan fingerprint density at radius 2 is 2.06 bits per heavy atom. The fourth-order valence-corrected chi connectivity index (χ4v) is 1.86. The third-order valence-corrected chi connectivity index (χ3v) is 2.78. The number of furan rings is 1. The molecule has 0 aliphatic rings. The van der Waals surface area contributed by atoms with Crippen LogP contribution in [-0.2, 0) is 0 Å². The minimum Gasteiger partial charge on any atom is -0.463 e. The van der Waals surface area contributed by atoms with E-state index in [1.807, 2.05) is 0 Å². The second-order valence-corrected chi connectivity index (χ2v) is 4.43. The number of aryl methyl sites for hydroxylation is 1. The highest BCUT2D eigenvalue weighted by Crippen LogP contribution is 2.27. The van der Waals surface area contributed by atoms with E-state index in [1.165, 1.54) is 12.1 Å². The van der Waals surface area contributed by atoms with Gasteiger partial charge in [-0.15, -0.1) is 0 Å². The van der Waals surface area contributed by atoms with E-state index in [9.17, 15) is 9.50 Å². The van der Waals surface area contributed by atoms with Crippen LogP contribution < -0.4 is 0 Å². The molecule has 1 aromatic heterocycles. The summed E-state index contributed by atoms with van der Waals surface area (Å²) in [6, 6.07) is 7.80. The predicted octanol–water partition coefficient (Wildman–Crippen LogP) is 3.57. The van der Waals surface area contributed by atoms with Gasteiger partial charge in [0.1, 0.15) is 23.4 Å². The van der Waals surface area contributed by atoms with Crippen molar-refractivity contribution < 1.29 is 13.9 Å². The minimum atomic E-state index is -1.08. The number of halogens is 2. The van der Waals surface area contributed by atoms with Gasteiger partial charge in [-0.25, -0.2) is 4.39 Å². The van der Waals surface area contributed by atoms with Gasteiger partial charge >= 0.3 is 0 Å². The molecule has 1 unspecified atom stereocenters. The summed E-state index contributed by atoms with van der Waals surface area (Å²) in [7, 11) is 0. The van der Waals surface area contributed by atoms with E-state index in [0.29, 0.717) is 16.0 Å². The normalized spacial score (nSPS) is 12.8. The third-order valence-electron chi connectivity index (χ3n) is 2.28. The molecule has 0 fully saturated rings. The quantitative estimate of drug-likeness (QED) is 0.915. The third kappa shape index (κ3) is 2.18. The summed E-state index contributed by atoms with van der Waals surface area (Å²) in [5, 5.41) is 9.96. The smallest absolute Gasteiger partial charge is 0.139 e. The maximum absolute atomic E-state index is 13.5. The van der Waals surface area contributed by atoms with Crippen molar-refractivity contribution in [3.8, 4) is 0 Å². The Hall–Kier alpha value is -1.13. The van der Waals surface area contributed by atoms with Gasteiger partial charge in [0.15, 0.2) is 0 Å². The van der Waals surface area contributed by atoms with E-state index in [-0.39, 0.29) is 5.56 Å². The van der Waals surface area contributed by atoms with Crippen LogP contribution in [0.3, 0.4) is 0 Å². The number of hydrogen-bond donors (Lipinski definition) is 1. The topological polar surface area (TPSA) is 33.4 Å². The van der Waals surface area contributed by atoms with Crippen LogP contribution in [0.1, 0.15) is 23.2 Å². The first-order chi connectivity index (χ1) is 7.58.